The monoisotopic (exact) mass is 379 g/mol. The van der Waals surface area contributed by atoms with Gasteiger partial charge in [0.2, 0.25) is 0 Å². The van der Waals surface area contributed by atoms with Crippen LogP contribution in [0, 0.1) is 20.8 Å². The van der Waals surface area contributed by atoms with E-state index >= 15 is 0 Å². The van der Waals surface area contributed by atoms with Crippen molar-refractivity contribution in [2.75, 3.05) is 11.9 Å². The summed E-state index contributed by atoms with van der Waals surface area (Å²) in [5, 5.41) is 3.17. The van der Waals surface area contributed by atoms with Crippen molar-refractivity contribution in [1.82, 2.24) is 0 Å². The van der Waals surface area contributed by atoms with E-state index in [1.807, 2.05) is 32.9 Å². The fraction of sp³-hybridized carbons (Fsp3) is 0.368. The van der Waals surface area contributed by atoms with E-state index in [0.717, 1.165) is 34.4 Å². The molecule has 1 aromatic heterocycles. The maximum atomic E-state index is 12.1. The molecular weight excluding hydrogens is 358 g/mol. The fourth-order valence-electron chi connectivity index (χ4n) is 2.59. The molecule has 0 aliphatic rings. The highest BCUT2D eigenvalue weighted by Crippen LogP contribution is 2.27. The first-order valence-corrected chi connectivity index (χ1v) is 9.34. The van der Waals surface area contributed by atoms with E-state index in [4.69, 9.17) is 16.3 Å². The highest BCUT2D eigenvalue weighted by atomic mass is 35.5. The number of amides is 1. The lowest BCUT2D eigenvalue weighted by Gasteiger charge is -2.11. The van der Waals surface area contributed by atoms with Crippen molar-refractivity contribution in [2.24, 2.45) is 0 Å². The highest BCUT2D eigenvalue weighted by Gasteiger charge is 2.16. The number of aryl methyl sites for hydroxylation is 4. The molecule has 0 unspecified atom stereocenters. The highest BCUT2D eigenvalue weighted by molar-refractivity contribution is 7.14. The Hall–Kier alpha value is -1.85. The van der Waals surface area contributed by atoms with Gasteiger partial charge in [-0.2, -0.15) is 0 Å². The van der Waals surface area contributed by atoms with Gasteiger partial charge in [0.25, 0.3) is 5.91 Å². The Balaban J connectivity index is 1.96. The van der Waals surface area contributed by atoms with Crippen molar-refractivity contribution in [2.45, 2.75) is 40.5 Å². The number of halogens is 1. The predicted molar refractivity (Wildman–Crippen MR) is 103 cm³/mol. The largest absolute Gasteiger partial charge is 0.451 e. The van der Waals surface area contributed by atoms with Crippen molar-refractivity contribution in [3.05, 3.63) is 49.7 Å². The lowest BCUT2D eigenvalue weighted by atomic mass is 10.1. The SMILES string of the molecule is CCCc1cc(C(=O)OCC(=O)Nc2c(C)cc(C)cc2Cl)sc1C. The van der Waals surface area contributed by atoms with E-state index in [0.29, 0.717) is 15.6 Å². The summed E-state index contributed by atoms with van der Waals surface area (Å²) in [6.45, 7) is 7.54. The van der Waals surface area contributed by atoms with Crippen molar-refractivity contribution in [3.8, 4) is 0 Å². The number of hydrogen-bond acceptors (Lipinski definition) is 4. The van der Waals surface area contributed by atoms with E-state index in [9.17, 15) is 9.59 Å². The number of rotatable bonds is 6. The lowest BCUT2D eigenvalue weighted by Crippen LogP contribution is -2.21. The fourth-order valence-corrected chi connectivity index (χ4v) is 3.92. The molecule has 0 bridgehead atoms. The van der Waals surface area contributed by atoms with Gasteiger partial charge in [-0.05, 0) is 56.0 Å². The number of anilines is 1. The van der Waals surface area contributed by atoms with Crippen LogP contribution in [0.3, 0.4) is 0 Å². The summed E-state index contributed by atoms with van der Waals surface area (Å²) in [6, 6.07) is 5.56. The Morgan fingerprint density at radius 2 is 1.92 bits per heavy atom. The number of hydrogen-bond donors (Lipinski definition) is 1. The van der Waals surface area contributed by atoms with Crippen LogP contribution in [0.1, 0.15) is 44.6 Å². The first-order valence-electron chi connectivity index (χ1n) is 8.14. The number of carbonyl (C=O) groups excluding carboxylic acids is 2. The van der Waals surface area contributed by atoms with Crippen LogP contribution in [0.25, 0.3) is 0 Å². The van der Waals surface area contributed by atoms with Crippen molar-refractivity contribution in [1.29, 1.82) is 0 Å². The molecule has 0 radical (unpaired) electrons. The van der Waals surface area contributed by atoms with Gasteiger partial charge in [-0.3, -0.25) is 4.79 Å². The minimum absolute atomic E-state index is 0.345. The molecule has 25 heavy (non-hydrogen) atoms. The molecular formula is C19H22ClNO3S. The Kier molecular flexibility index (Phi) is 6.62. The van der Waals surface area contributed by atoms with Crippen molar-refractivity contribution < 1.29 is 14.3 Å². The second kappa shape index (κ2) is 8.50. The zero-order valence-electron chi connectivity index (χ0n) is 14.9. The molecule has 1 amide bonds. The molecule has 1 aromatic carbocycles. The quantitative estimate of drug-likeness (QED) is 0.712. The van der Waals surface area contributed by atoms with Gasteiger partial charge in [0.05, 0.1) is 10.7 Å². The molecule has 2 rings (SSSR count). The molecule has 0 aliphatic heterocycles. The standard InChI is InChI=1S/C19H22ClNO3S/c1-5-6-14-9-16(25-13(14)4)19(23)24-10-17(22)21-18-12(3)7-11(2)8-15(18)20/h7-9H,5-6,10H2,1-4H3,(H,21,22). The van der Waals surface area contributed by atoms with E-state index in [1.165, 1.54) is 11.3 Å². The van der Waals surface area contributed by atoms with Gasteiger partial charge in [0.15, 0.2) is 6.61 Å². The summed E-state index contributed by atoms with van der Waals surface area (Å²) >= 11 is 7.56. The van der Waals surface area contributed by atoms with Crippen LogP contribution in [-0.2, 0) is 16.0 Å². The third-order valence-corrected chi connectivity index (χ3v) is 5.14. The van der Waals surface area contributed by atoms with Gasteiger partial charge in [-0.25, -0.2) is 4.79 Å². The summed E-state index contributed by atoms with van der Waals surface area (Å²) in [4.78, 5) is 25.8. The smallest absolute Gasteiger partial charge is 0.348 e. The zero-order valence-corrected chi connectivity index (χ0v) is 16.4. The van der Waals surface area contributed by atoms with Gasteiger partial charge in [-0.1, -0.05) is 31.0 Å². The maximum Gasteiger partial charge on any atom is 0.348 e. The molecule has 2 aromatic rings. The minimum atomic E-state index is -0.475. The molecule has 134 valence electrons. The number of thiophene rings is 1. The Bertz CT molecular complexity index is 775. The van der Waals surface area contributed by atoms with Crippen molar-refractivity contribution >= 4 is 40.5 Å². The average Bonchev–Trinajstić information content (AvgIpc) is 2.90. The normalized spacial score (nSPS) is 10.6. The maximum absolute atomic E-state index is 12.1. The third-order valence-electron chi connectivity index (χ3n) is 3.77. The molecule has 0 spiro atoms. The molecule has 1 heterocycles. The third kappa shape index (κ3) is 5.06. The van der Waals surface area contributed by atoms with Crippen LogP contribution < -0.4 is 5.32 Å². The summed E-state index contributed by atoms with van der Waals surface area (Å²) < 4.78 is 5.13. The van der Waals surface area contributed by atoms with Crippen LogP contribution in [0.5, 0.6) is 0 Å². The number of benzene rings is 1. The lowest BCUT2D eigenvalue weighted by molar-refractivity contribution is -0.119. The van der Waals surface area contributed by atoms with Crippen LogP contribution >= 0.6 is 22.9 Å². The molecule has 0 saturated heterocycles. The first kappa shape index (κ1) is 19.5. The van der Waals surface area contributed by atoms with Gasteiger partial charge in [0, 0.05) is 4.88 Å². The number of ether oxygens (including phenoxy) is 1. The second-order valence-electron chi connectivity index (χ2n) is 6.01. The summed E-state index contributed by atoms with van der Waals surface area (Å²) in [6.07, 6.45) is 1.95. The molecule has 0 atom stereocenters. The number of esters is 1. The minimum Gasteiger partial charge on any atom is -0.451 e. The number of carbonyl (C=O) groups is 2. The Morgan fingerprint density at radius 3 is 2.56 bits per heavy atom. The van der Waals surface area contributed by atoms with Gasteiger partial charge < -0.3 is 10.1 Å². The summed E-state index contributed by atoms with van der Waals surface area (Å²) in [5.41, 5.74) is 3.59. The van der Waals surface area contributed by atoms with Crippen LogP contribution in [0.15, 0.2) is 18.2 Å². The molecule has 6 heteroatoms. The van der Waals surface area contributed by atoms with Gasteiger partial charge in [0.1, 0.15) is 4.88 Å². The second-order valence-corrected chi connectivity index (χ2v) is 7.67. The first-order chi connectivity index (χ1) is 11.8. The Morgan fingerprint density at radius 1 is 1.20 bits per heavy atom. The van der Waals surface area contributed by atoms with Crippen LogP contribution in [0.2, 0.25) is 5.02 Å². The van der Waals surface area contributed by atoms with E-state index in [2.05, 4.69) is 12.2 Å². The van der Waals surface area contributed by atoms with Crippen LogP contribution in [-0.4, -0.2) is 18.5 Å². The summed E-state index contributed by atoms with van der Waals surface area (Å²) in [7, 11) is 0. The van der Waals surface area contributed by atoms with E-state index < -0.39 is 11.9 Å². The van der Waals surface area contributed by atoms with Crippen molar-refractivity contribution in [3.63, 3.8) is 0 Å². The van der Waals surface area contributed by atoms with Gasteiger partial charge in [-0.15, -0.1) is 11.3 Å². The van der Waals surface area contributed by atoms with Crippen LogP contribution in [0.4, 0.5) is 5.69 Å². The van der Waals surface area contributed by atoms with Gasteiger partial charge >= 0.3 is 5.97 Å². The average molecular weight is 380 g/mol. The number of nitrogens with one attached hydrogen (secondary N) is 1. The molecule has 0 saturated carbocycles. The molecule has 1 N–H and O–H groups in total. The molecule has 0 fully saturated rings. The topological polar surface area (TPSA) is 55.4 Å². The Labute approximate surface area is 157 Å². The summed E-state index contributed by atoms with van der Waals surface area (Å²) in [5.74, 6) is -0.887. The molecule has 0 aliphatic carbocycles. The zero-order chi connectivity index (χ0) is 18.6. The molecule has 4 nitrogen and oxygen atoms in total. The van der Waals surface area contributed by atoms with E-state index in [-0.39, 0.29) is 6.61 Å². The van der Waals surface area contributed by atoms with E-state index in [1.54, 1.807) is 6.07 Å². The predicted octanol–water partition coefficient (Wildman–Crippen LogP) is 5.07.